The lowest BCUT2D eigenvalue weighted by Gasteiger charge is -2.26. The van der Waals surface area contributed by atoms with E-state index in [1.807, 2.05) is 32.9 Å². The Morgan fingerprint density at radius 3 is 2.96 bits per heavy atom. The van der Waals surface area contributed by atoms with Gasteiger partial charge in [0.1, 0.15) is 17.7 Å². The fourth-order valence-electron chi connectivity index (χ4n) is 3.13. The standard InChI is InChI=1S/C20H27N3O3/c1-5-21-15-6-7-18-17(11-15)14(8-9-25-18)10-16-12-23(13-22-16)19(24)26-20(2,3)4/h6-7,11-14,21H,5,8-10H2,1-4H3. The van der Waals surface area contributed by atoms with Crippen molar-refractivity contribution >= 4 is 11.8 Å². The van der Waals surface area contributed by atoms with Gasteiger partial charge in [-0.2, -0.15) is 0 Å². The van der Waals surface area contributed by atoms with Gasteiger partial charge in [-0.1, -0.05) is 0 Å². The summed E-state index contributed by atoms with van der Waals surface area (Å²) < 4.78 is 12.6. The third-order valence-electron chi connectivity index (χ3n) is 4.25. The van der Waals surface area contributed by atoms with Crippen molar-refractivity contribution in [2.75, 3.05) is 18.5 Å². The van der Waals surface area contributed by atoms with E-state index in [-0.39, 0.29) is 0 Å². The largest absolute Gasteiger partial charge is 0.493 e. The summed E-state index contributed by atoms with van der Waals surface area (Å²) in [4.78, 5) is 16.6. The first-order valence-electron chi connectivity index (χ1n) is 9.12. The lowest BCUT2D eigenvalue weighted by atomic mass is 9.89. The topological polar surface area (TPSA) is 65.4 Å². The van der Waals surface area contributed by atoms with Crippen molar-refractivity contribution in [1.29, 1.82) is 0 Å². The van der Waals surface area contributed by atoms with Crippen LogP contribution in [-0.4, -0.2) is 34.4 Å². The van der Waals surface area contributed by atoms with Gasteiger partial charge in [0.2, 0.25) is 0 Å². The number of anilines is 1. The summed E-state index contributed by atoms with van der Waals surface area (Å²) in [6, 6.07) is 6.23. The SMILES string of the molecule is CCNc1ccc2c(c1)C(Cc1cn(C(=O)OC(C)(C)C)cn1)CCO2. The number of carbonyl (C=O) groups excluding carboxylic acids is 1. The molecule has 2 aromatic rings. The van der Waals surface area contributed by atoms with Gasteiger partial charge in [-0.15, -0.1) is 0 Å². The van der Waals surface area contributed by atoms with Crippen LogP contribution in [0.25, 0.3) is 0 Å². The fourth-order valence-corrected chi connectivity index (χ4v) is 3.13. The van der Waals surface area contributed by atoms with Crippen molar-refractivity contribution in [1.82, 2.24) is 9.55 Å². The number of nitrogens with one attached hydrogen (secondary N) is 1. The van der Waals surface area contributed by atoms with Crippen LogP contribution in [0.3, 0.4) is 0 Å². The second-order valence-corrected chi connectivity index (χ2v) is 7.57. The Kier molecular flexibility index (Phi) is 5.20. The van der Waals surface area contributed by atoms with Crippen molar-refractivity contribution < 1.29 is 14.3 Å². The Hall–Kier alpha value is -2.50. The summed E-state index contributed by atoms with van der Waals surface area (Å²) in [7, 11) is 0. The molecule has 6 heteroatoms. The first kappa shape index (κ1) is 18.3. The number of rotatable bonds is 4. The van der Waals surface area contributed by atoms with Gasteiger partial charge in [0.05, 0.1) is 12.3 Å². The maximum Gasteiger partial charge on any atom is 0.419 e. The van der Waals surface area contributed by atoms with E-state index >= 15 is 0 Å². The van der Waals surface area contributed by atoms with Crippen LogP contribution in [0, 0.1) is 0 Å². The lowest BCUT2D eigenvalue weighted by molar-refractivity contribution is 0.0536. The molecule has 3 rings (SSSR count). The molecule has 1 unspecified atom stereocenters. The smallest absolute Gasteiger partial charge is 0.419 e. The minimum atomic E-state index is -0.524. The molecular weight excluding hydrogens is 330 g/mol. The summed E-state index contributed by atoms with van der Waals surface area (Å²) in [5, 5.41) is 3.35. The number of hydrogen-bond acceptors (Lipinski definition) is 5. The molecule has 1 atom stereocenters. The lowest BCUT2D eigenvalue weighted by Crippen LogP contribution is -2.26. The monoisotopic (exact) mass is 357 g/mol. The fraction of sp³-hybridized carbons (Fsp3) is 0.500. The maximum atomic E-state index is 12.2. The van der Waals surface area contributed by atoms with Crippen molar-refractivity contribution in [2.45, 2.75) is 52.1 Å². The zero-order valence-corrected chi connectivity index (χ0v) is 15.9. The molecule has 0 aliphatic carbocycles. The van der Waals surface area contributed by atoms with E-state index in [4.69, 9.17) is 9.47 Å². The predicted molar refractivity (Wildman–Crippen MR) is 101 cm³/mol. The Morgan fingerprint density at radius 2 is 2.23 bits per heavy atom. The van der Waals surface area contributed by atoms with Crippen LogP contribution in [0.4, 0.5) is 10.5 Å². The summed E-state index contributed by atoms with van der Waals surface area (Å²) >= 11 is 0. The van der Waals surface area contributed by atoms with Gasteiger partial charge in [0.25, 0.3) is 0 Å². The van der Waals surface area contributed by atoms with Crippen LogP contribution in [0.5, 0.6) is 5.75 Å². The van der Waals surface area contributed by atoms with Gasteiger partial charge >= 0.3 is 6.09 Å². The number of benzene rings is 1. The van der Waals surface area contributed by atoms with Crippen molar-refractivity contribution in [3.63, 3.8) is 0 Å². The van der Waals surface area contributed by atoms with E-state index in [9.17, 15) is 4.79 Å². The van der Waals surface area contributed by atoms with Crippen LogP contribution >= 0.6 is 0 Å². The van der Waals surface area contributed by atoms with Crippen LogP contribution in [0.2, 0.25) is 0 Å². The Labute approximate surface area is 154 Å². The van der Waals surface area contributed by atoms with Gasteiger partial charge in [-0.25, -0.2) is 14.3 Å². The molecule has 2 heterocycles. The van der Waals surface area contributed by atoms with Gasteiger partial charge in [-0.05, 0) is 70.2 Å². The maximum absolute atomic E-state index is 12.2. The highest BCUT2D eigenvalue weighted by atomic mass is 16.6. The molecule has 1 aromatic heterocycles. The second kappa shape index (κ2) is 7.40. The normalized spacial score (nSPS) is 16.5. The summed E-state index contributed by atoms with van der Waals surface area (Å²) in [6.07, 6.45) is 4.58. The van der Waals surface area contributed by atoms with Crippen molar-refractivity contribution in [3.8, 4) is 5.75 Å². The third-order valence-corrected chi connectivity index (χ3v) is 4.25. The van der Waals surface area contributed by atoms with E-state index in [0.717, 1.165) is 36.5 Å². The average Bonchev–Trinajstić information content (AvgIpc) is 3.03. The molecule has 1 aliphatic heterocycles. The van der Waals surface area contributed by atoms with E-state index in [0.29, 0.717) is 12.5 Å². The Balaban J connectivity index is 1.75. The first-order valence-corrected chi connectivity index (χ1v) is 9.12. The first-order chi connectivity index (χ1) is 12.4. The van der Waals surface area contributed by atoms with Gasteiger partial charge in [0, 0.05) is 18.4 Å². The summed E-state index contributed by atoms with van der Waals surface area (Å²) in [5.41, 5.74) is 2.65. The average molecular weight is 357 g/mol. The molecule has 0 radical (unpaired) electrons. The molecule has 1 N–H and O–H groups in total. The highest BCUT2D eigenvalue weighted by Crippen LogP contribution is 2.37. The highest BCUT2D eigenvalue weighted by Gasteiger charge is 2.24. The quantitative estimate of drug-likeness (QED) is 0.888. The van der Waals surface area contributed by atoms with E-state index in [1.54, 1.807) is 6.20 Å². The number of carbonyl (C=O) groups is 1. The second-order valence-electron chi connectivity index (χ2n) is 7.57. The zero-order chi connectivity index (χ0) is 18.7. The number of nitrogens with zero attached hydrogens (tertiary/aromatic N) is 2. The van der Waals surface area contributed by atoms with Gasteiger partial charge in [-0.3, -0.25) is 0 Å². The van der Waals surface area contributed by atoms with Crippen LogP contribution in [0.15, 0.2) is 30.7 Å². The third kappa shape index (κ3) is 4.36. The number of aromatic nitrogens is 2. The van der Waals surface area contributed by atoms with Gasteiger partial charge < -0.3 is 14.8 Å². The van der Waals surface area contributed by atoms with E-state index in [1.165, 1.54) is 16.5 Å². The van der Waals surface area contributed by atoms with E-state index < -0.39 is 11.7 Å². The summed E-state index contributed by atoms with van der Waals surface area (Å²) in [6.45, 7) is 9.21. The predicted octanol–water partition coefficient (Wildman–Crippen LogP) is 4.21. The molecule has 0 fully saturated rings. The van der Waals surface area contributed by atoms with Crippen LogP contribution in [0.1, 0.15) is 51.3 Å². The highest BCUT2D eigenvalue weighted by molar-refractivity contribution is 5.70. The van der Waals surface area contributed by atoms with E-state index in [2.05, 4.69) is 23.3 Å². The molecular formula is C20H27N3O3. The molecule has 6 nitrogen and oxygen atoms in total. The number of fused-ring (bicyclic) bond motifs is 1. The van der Waals surface area contributed by atoms with Crippen LogP contribution < -0.4 is 10.1 Å². The minimum Gasteiger partial charge on any atom is -0.493 e. The molecule has 0 amide bonds. The molecule has 140 valence electrons. The van der Waals surface area contributed by atoms with Crippen LogP contribution in [-0.2, 0) is 11.2 Å². The number of hydrogen-bond donors (Lipinski definition) is 1. The molecule has 0 saturated heterocycles. The molecule has 26 heavy (non-hydrogen) atoms. The zero-order valence-electron chi connectivity index (χ0n) is 15.9. The molecule has 1 aromatic carbocycles. The number of imidazole rings is 1. The Morgan fingerprint density at radius 1 is 1.42 bits per heavy atom. The molecule has 1 aliphatic rings. The molecule has 0 saturated carbocycles. The minimum absolute atomic E-state index is 0.319. The number of ether oxygens (including phenoxy) is 2. The molecule has 0 spiro atoms. The Bertz CT molecular complexity index is 777. The summed E-state index contributed by atoms with van der Waals surface area (Å²) in [5.74, 6) is 1.26. The van der Waals surface area contributed by atoms with Gasteiger partial charge in [0.15, 0.2) is 0 Å². The van der Waals surface area contributed by atoms with Crippen molar-refractivity contribution in [2.24, 2.45) is 0 Å². The van der Waals surface area contributed by atoms with Crippen molar-refractivity contribution in [3.05, 3.63) is 42.0 Å². The molecule has 0 bridgehead atoms.